The van der Waals surface area contributed by atoms with Crippen molar-refractivity contribution in [3.05, 3.63) is 23.2 Å². The van der Waals surface area contributed by atoms with E-state index in [9.17, 15) is 0 Å². The Kier molecular flexibility index (Phi) is 2.75. The monoisotopic (exact) mass is 225 g/mol. The average Bonchev–Trinajstić information content (AvgIpc) is 2.59. The molecule has 15 heavy (non-hydrogen) atoms. The van der Waals surface area contributed by atoms with Crippen molar-refractivity contribution < 1.29 is 0 Å². The highest BCUT2D eigenvalue weighted by molar-refractivity contribution is 6.29. The van der Waals surface area contributed by atoms with Gasteiger partial charge in [0.2, 0.25) is 0 Å². The van der Waals surface area contributed by atoms with E-state index in [2.05, 4.69) is 15.3 Å². The molecule has 0 fully saturated rings. The standard InChI is InChI=1S/C9H12ClN5/c1-12-8-9-13-6(2-3-11)4-15(9)5-7(10)14-8/h4-5H,2-3,11H2,1H3,(H,12,14). The summed E-state index contributed by atoms with van der Waals surface area (Å²) in [5.74, 6) is 0.672. The maximum atomic E-state index is 5.86. The third-order valence-corrected chi connectivity index (χ3v) is 2.28. The van der Waals surface area contributed by atoms with Crippen LogP contribution < -0.4 is 11.1 Å². The summed E-state index contributed by atoms with van der Waals surface area (Å²) in [6.07, 6.45) is 4.39. The van der Waals surface area contributed by atoms with Gasteiger partial charge >= 0.3 is 0 Å². The number of imidazole rings is 1. The van der Waals surface area contributed by atoms with E-state index in [0.717, 1.165) is 17.8 Å². The second-order valence-electron chi connectivity index (χ2n) is 3.16. The lowest BCUT2D eigenvalue weighted by atomic mass is 10.3. The molecule has 0 amide bonds. The lowest BCUT2D eigenvalue weighted by Crippen LogP contribution is -2.02. The molecule has 2 aromatic rings. The minimum absolute atomic E-state index is 0.434. The molecular formula is C9H12ClN5. The van der Waals surface area contributed by atoms with E-state index in [4.69, 9.17) is 17.3 Å². The molecule has 5 nitrogen and oxygen atoms in total. The Morgan fingerprint density at radius 1 is 1.47 bits per heavy atom. The number of anilines is 1. The summed E-state index contributed by atoms with van der Waals surface area (Å²) in [5, 5.41) is 3.39. The highest BCUT2D eigenvalue weighted by Crippen LogP contribution is 2.17. The SMILES string of the molecule is CNc1nc(Cl)cn2cc(CCN)nc12. The van der Waals surface area contributed by atoms with Crippen LogP contribution in [0.1, 0.15) is 5.69 Å². The molecule has 2 heterocycles. The van der Waals surface area contributed by atoms with E-state index < -0.39 is 0 Å². The molecule has 0 radical (unpaired) electrons. The third kappa shape index (κ3) is 1.88. The number of hydrogen-bond donors (Lipinski definition) is 2. The first-order valence-electron chi connectivity index (χ1n) is 4.66. The summed E-state index contributed by atoms with van der Waals surface area (Å²) < 4.78 is 1.85. The van der Waals surface area contributed by atoms with Gasteiger partial charge in [-0.05, 0) is 6.54 Å². The topological polar surface area (TPSA) is 68.2 Å². The Bertz CT molecular complexity index is 479. The quantitative estimate of drug-likeness (QED) is 0.816. The highest BCUT2D eigenvalue weighted by atomic mass is 35.5. The fraction of sp³-hybridized carbons (Fsp3) is 0.333. The van der Waals surface area contributed by atoms with Gasteiger partial charge in [0, 0.05) is 25.9 Å². The Morgan fingerprint density at radius 2 is 2.27 bits per heavy atom. The molecule has 0 spiro atoms. The van der Waals surface area contributed by atoms with Crippen LogP contribution in [0.25, 0.3) is 5.65 Å². The van der Waals surface area contributed by atoms with Crippen molar-refractivity contribution in [2.45, 2.75) is 6.42 Å². The van der Waals surface area contributed by atoms with Gasteiger partial charge < -0.3 is 15.5 Å². The Hall–Kier alpha value is -1.33. The van der Waals surface area contributed by atoms with Crippen LogP contribution in [-0.4, -0.2) is 28.0 Å². The molecule has 0 atom stereocenters. The average molecular weight is 226 g/mol. The summed E-state index contributed by atoms with van der Waals surface area (Å²) in [4.78, 5) is 8.55. The molecule has 6 heteroatoms. The van der Waals surface area contributed by atoms with E-state index >= 15 is 0 Å². The van der Waals surface area contributed by atoms with Crippen LogP contribution in [0.3, 0.4) is 0 Å². The summed E-state index contributed by atoms with van der Waals surface area (Å²) in [5.41, 5.74) is 7.19. The van der Waals surface area contributed by atoms with Crippen molar-refractivity contribution in [2.24, 2.45) is 5.73 Å². The van der Waals surface area contributed by atoms with Crippen molar-refractivity contribution in [3.8, 4) is 0 Å². The minimum atomic E-state index is 0.434. The smallest absolute Gasteiger partial charge is 0.180 e. The van der Waals surface area contributed by atoms with Gasteiger partial charge in [0.15, 0.2) is 11.5 Å². The first kappa shape index (κ1) is 10.2. The van der Waals surface area contributed by atoms with E-state index in [0.29, 0.717) is 17.5 Å². The molecule has 0 aliphatic carbocycles. The summed E-state index contributed by atoms with van der Waals surface area (Å²) in [6, 6.07) is 0. The summed E-state index contributed by atoms with van der Waals surface area (Å²) in [6.45, 7) is 0.583. The molecule has 80 valence electrons. The van der Waals surface area contributed by atoms with Crippen LogP contribution in [0, 0.1) is 0 Å². The van der Waals surface area contributed by atoms with Crippen molar-refractivity contribution >= 4 is 23.1 Å². The first-order valence-corrected chi connectivity index (χ1v) is 5.04. The van der Waals surface area contributed by atoms with Crippen molar-refractivity contribution in [2.75, 3.05) is 18.9 Å². The zero-order valence-electron chi connectivity index (χ0n) is 8.37. The van der Waals surface area contributed by atoms with Crippen LogP contribution >= 0.6 is 11.6 Å². The van der Waals surface area contributed by atoms with Crippen LogP contribution in [0.15, 0.2) is 12.4 Å². The number of rotatable bonds is 3. The fourth-order valence-corrected chi connectivity index (χ4v) is 1.64. The van der Waals surface area contributed by atoms with Crippen LogP contribution in [-0.2, 0) is 6.42 Å². The molecule has 0 unspecified atom stereocenters. The van der Waals surface area contributed by atoms with Gasteiger partial charge in [-0.3, -0.25) is 0 Å². The number of hydrogen-bond acceptors (Lipinski definition) is 4. The number of nitrogens with one attached hydrogen (secondary N) is 1. The number of fused-ring (bicyclic) bond motifs is 1. The van der Waals surface area contributed by atoms with Gasteiger partial charge in [-0.2, -0.15) is 0 Å². The largest absolute Gasteiger partial charge is 0.370 e. The lowest BCUT2D eigenvalue weighted by molar-refractivity contribution is 0.937. The lowest BCUT2D eigenvalue weighted by Gasteiger charge is -2.01. The Morgan fingerprint density at radius 3 is 2.93 bits per heavy atom. The molecular weight excluding hydrogens is 214 g/mol. The molecule has 2 aromatic heterocycles. The van der Waals surface area contributed by atoms with Gasteiger partial charge in [-0.25, -0.2) is 9.97 Å². The molecule has 0 saturated heterocycles. The van der Waals surface area contributed by atoms with E-state index in [-0.39, 0.29) is 0 Å². The zero-order chi connectivity index (χ0) is 10.8. The molecule has 3 N–H and O–H groups in total. The maximum absolute atomic E-state index is 5.86. The molecule has 0 aromatic carbocycles. The van der Waals surface area contributed by atoms with Gasteiger partial charge in [-0.15, -0.1) is 0 Å². The van der Waals surface area contributed by atoms with Crippen molar-refractivity contribution in [1.29, 1.82) is 0 Å². The molecule has 0 aliphatic heterocycles. The number of nitrogens with zero attached hydrogens (tertiary/aromatic N) is 3. The first-order chi connectivity index (χ1) is 7.24. The molecule has 0 aliphatic rings. The van der Waals surface area contributed by atoms with Crippen LogP contribution in [0.2, 0.25) is 5.15 Å². The second-order valence-corrected chi connectivity index (χ2v) is 3.55. The van der Waals surface area contributed by atoms with E-state index in [1.807, 2.05) is 10.6 Å². The van der Waals surface area contributed by atoms with Gasteiger partial charge in [0.1, 0.15) is 5.15 Å². The fourth-order valence-electron chi connectivity index (χ4n) is 1.45. The molecule has 0 bridgehead atoms. The Labute approximate surface area is 92.3 Å². The number of nitrogens with two attached hydrogens (primary N) is 1. The van der Waals surface area contributed by atoms with Gasteiger partial charge in [0.05, 0.1) is 5.69 Å². The second kappa shape index (κ2) is 4.04. The zero-order valence-corrected chi connectivity index (χ0v) is 9.12. The minimum Gasteiger partial charge on any atom is -0.370 e. The maximum Gasteiger partial charge on any atom is 0.180 e. The van der Waals surface area contributed by atoms with Crippen molar-refractivity contribution in [1.82, 2.24) is 14.4 Å². The summed E-state index contributed by atoms with van der Waals surface area (Å²) in [7, 11) is 1.79. The van der Waals surface area contributed by atoms with Crippen LogP contribution in [0.5, 0.6) is 0 Å². The van der Waals surface area contributed by atoms with Crippen LogP contribution in [0.4, 0.5) is 5.82 Å². The Balaban J connectivity index is 2.58. The van der Waals surface area contributed by atoms with Gasteiger partial charge in [0.25, 0.3) is 0 Å². The predicted molar refractivity (Wildman–Crippen MR) is 60.3 cm³/mol. The molecule has 2 rings (SSSR count). The predicted octanol–water partition coefficient (Wildman–Crippen LogP) is 0.926. The number of aromatic nitrogens is 3. The summed E-state index contributed by atoms with van der Waals surface area (Å²) >= 11 is 5.86. The van der Waals surface area contributed by atoms with E-state index in [1.165, 1.54) is 0 Å². The highest BCUT2D eigenvalue weighted by Gasteiger charge is 2.07. The van der Waals surface area contributed by atoms with E-state index in [1.54, 1.807) is 13.2 Å². The normalized spacial score (nSPS) is 10.9. The number of halogens is 1. The third-order valence-electron chi connectivity index (χ3n) is 2.10. The molecule has 0 saturated carbocycles. The van der Waals surface area contributed by atoms with Gasteiger partial charge in [-0.1, -0.05) is 11.6 Å². The van der Waals surface area contributed by atoms with Crippen molar-refractivity contribution in [3.63, 3.8) is 0 Å².